The van der Waals surface area contributed by atoms with Crippen molar-refractivity contribution in [1.82, 2.24) is 4.90 Å². The highest BCUT2D eigenvalue weighted by molar-refractivity contribution is 5.18. The smallest absolute Gasteiger partial charge is 0.0942 e. The second-order valence-electron chi connectivity index (χ2n) is 5.32. The molecule has 1 aromatic carbocycles. The third-order valence-electron chi connectivity index (χ3n) is 4.04. The molecule has 3 nitrogen and oxygen atoms in total. The van der Waals surface area contributed by atoms with E-state index in [1.54, 1.807) is 0 Å². The van der Waals surface area contributed by atoms with Crippen molar-refractivity contribution >= 4 is 0 Å². The maximum absolute atomic E-state index is 10.5. The maximum Gasteiger partial charge on any atom is 0.0942 e. The Kier molecular flexibility index (Phi) is 5.37. The van der Waals surface area contributed by atoms with E-state index in [4.69, 9.17) is 4.74 Å². The summed E-state index contributed by atoms with van der Waals surface area (Å²) in [5, 5.41) is 10.5. The van der Waals surface area contributed by atoms with Crippen LogP contribution < -0.4 is 0 Å². The quantitative estimate of drug-likeness (QED) is 0.856. The number of hydrogen-bond acceptors (Lipinski definition) is 3. The molecule has 0 amide bonds. The topological polar surface area (TPSA) is 32.7 Å². The zero-order chi connectivity index (χ0) is 13.7. The van der Waals surface area contributed by atoms with Gasteiger partial charge >= 0.3 is 0 Å². The molecule has 3 unspecified atom stereocenters. The van der Waals surface area contributed by atoms with Gasteiger partial charge in [0, 0.05) is 19.2 Å². The number of hydrogen-bond donors (Lipinski definition) is 1. The van der Waals surface area contributed by atoms with Gasteiger partial charge in [-0.3, -0.25) is 4.90 Å². The lowest BCUT2D eigenvalue weighted by molar-refractivity contribution is 0.0190. The van der Waals surface area contributed by atoms with Gasteiger partial charge in [0.2, 0.25) is 0 Å². The molecule has 1 heterocycles. The van der Waals surface area contributed by atoms with Crippen molar-refractivity contribution in [3.8, 4) is 0 Å². The highest BCUT2D eigenvalue weighted by Gasteiger charge is 2.26. The van der Waals surface area contributed by atoms with E-state index in [-0.39, 0.29) is 6.04 Å². The van der Waals surface area contributed by atoms with Crippen molar-refractivity contribution in [2.45, 2.75) is 44.9 Å². The molecule has 19 heavy (non-hydrogen) atoms. The number of aliphatic hydroxyl groups is 1. The summed E-state index contributed by atoms with van der Waals surface area (Å²) in [5.74, 6) is 0. The van der Waals surface area contributed by atoms with E-state index in [2.05, 4.69) is 18.7 Å². The Hall–Kier alpha value is -0.900. The lowest BCUT2D eigenvalue weighted by atomic mass is 10.0. The predicted octanol–water partition coefficient (Wildman–Crippen LogP) is 2.61. The van der Waals surface area contributed by atoms with Gasteiger partial charge in [0.05, 0.1) is 12.2 Å². The first-order valence-electron chi connectivity index (χ1n) is 7.31. The van der Waals surface area contributed by atoms with Crippen LogP contribution in [0.25, 0.3) is 0 Å². The van der Waals surface area contributed by atoms with Gasteiger partial charge in [-0.05, 0) is 31.9 Å². The average molecular weight is 263 g/mol. The van der Waals surface area contributed by atoms with Gasteiger partial charge in [0.25, 0.3) is 0 Å². The maximum atomic E-state index is 10.5. The van der Waals surface area contributed by atoms with Gasteiger partial charge in [-0.15, -0.1) is 0 Å². The van der Waals surface area contributed by atoms with Crippen LogP contribution in [0, 0.1) is 0 Å². The Balaban J connectivity index is 1.97. The molecule has 1 fully saturated rings. The van der Waals surface area contributed by atoms with E-state index < -0.39 is 6.10 Å². The van der Waals surface area contributed by atoms with Gasteiger partial charge < -0.3 is 9.84 Å². The van der Waals surface area contributed by atoms with Gasteiger partial charge in [-0.1, -0.05) is 37.3 Å². The lowest BCUT2D eigenvalue weighted by Gasteiger charge is -2.33. The number of rotatable bonds is 6. The fraction of sp³-hybridized carbons (Fsp3) is 0.625. The highest BCUT2D eigenvalue weighted by Crippen LogP contribution is 2.22. The Morgan fingerprint density at radius 3 is 2.68 bits per heavy atom. The Morgan fingerprint density at radius 2 is 2.11 bits per heavy atom. The molecule has 106 valence electrons. The van der Waals surface area contributed by atoms with Crippen molar-refractivity contribution in [2.75, 3.05) is 19.7 Å². The summed E-state index contributed by atoms with van der Waals surface area (Å²) in [5.41, 5.74) is 0.987. The van der Waals surface area contributed by atoms with Crippen molar-refractivity contribution < 1.29 is 9.84 Å². The zero-order valence-corrected chi connectivity index (χ0v) is 12.0. The van der Waals surface area contributed by atoms with Crippen molar-refractivity contribution in [2.24, 2.45) is 0 Å². The van der Waals surface area contributed by atoms with Crippen LogP contribution in [0.15, 0.2) is 30.3 Å². The number of nitrogens with zero attached hydrogens (tertiary/aromatic N) is 1. The van der Waals surface area contributed by atoms with Gasteiger partial charge in [-0.2, -0.15) is 0 Å². The summed E-state index contributed by atoms with van der Waals surface area (Å²) in [6.45, 7) is 6.98. The lowest BCUT2D eigenvalue weighted by Crippen LogP contribution is -2.41. The molecule has 0 spiro atoms. The van der Waals surface area contributed by atoms with Crippen LogP contribution in [0.1, 0.15) is 38.4 Å². The van der Waals surface area contributed by atoms with Crippen molar-refractivity contribution in [3.05, 3.63) is 35.9 Å². The van der Waals surface area contributed by atoms with Crippen LogP contribution >= 0.6 is 0 Å². The molecule has 0 bridgehead atoms. The predicted molar refractivity (Wildman–Crippen MR) is 77.1 cm³/mol. The monoisotopic (exact) mass is 263 g/mol. The van der Waals surface area contributed by atoms with E-state index in [9.17, 15) is 5.11 Å². The second kappa shape index (κ2) is 7.04. The molecule has 0 aliphatic carbocycles. The second-order valence-corrected chi connectivity index (χ2v) is 5.32. The van der Waals surface area contributed by atoms with Crippen molar-refractivity contribution in [3.63, 3.8) is 0 Å². The first-order chi connectivity index (χ1) is 9.22. The molecule has 0 aromatic heterocycles. The minimum Gasteiger partial charge on any atom is -0.387 e. The fourth-order valence-corrected chi connectivity index (χ4v) is 2.76. The normalized spacial score (nSPS) is 22.6. The molecule has 0 saturated carbocycles. The number of ether oxygens (including phenoxy) is 1. The molecule has 0 radical (unpaired) electrons. The van der Waals surface area contributed by atoms with Gasteiger partial charge in [0.15, 0.2) is 0 Å². The molecule has 3 atom stereocenters. The van der Waals surface area contributed by atoms with E-state index in [1.165, 1.54) is 0 Å². The molecule has 1 aliphatic heterocycles. The van der Waals surface area contributed by atoms with E-state index >= 15 is 0 Å². The third-order valence-corrected chi connectivity index (χ3v) is 4.04. The highest BCUT2D eigenvalue weighted by atomic mass is 16.5. The van der Waals surface area contributed by atoms with Gasteiger partial charge in [-0.25, -0.2) is 0 Å². The van der Waals surface area contributed by atoms with Crippen LogP contribution in [-0.4, -0.2) is 41.8 Å². The Bertz CT molecular complexity index is 362. The van der Waals surface area contributed by atoms with E-state index in [0.29, 0.717) is 6.10 Å². The first-order valence-corrected chi connectivity index (χ1v) is 7.31. The zero-order valence-electron chi connectivity index (χ0n) is 12.0. The van der Waals surface area contributed by atoms with E-state index in [1.807, 2.05) is 30.3 Å². The molecule has 1 aliphatic rings. The first kappa shape index (κ1) is 14.5. The summed E-state index contributed by atoms with van der Waals surface area (Å²) in [7, 11) is 0. The molecule has 1 saturated heterocycles. The Labute approximate surface area is 116 Å². The summed E-state index contributed by atoms with van der Waals surface area (Å²) in [6, 6.07) is 10.0. The van der Waals surface area contributed by atoms with Crippen LogP contribution in [0.2, 0.25) is 0 Å². The van der Waals surface area contributed by atoms with Crippen LogP contribution in [0.5, 0.6) is 0 Å². The summed E-state index contributed by atoms with van der Waals surface area (Å²) >= 11 is 0. The summed E-state index contributed by atoms with van der Waals surface area (Å²) in [4.78, 5) is 2.31. The number of benzene rings is 1. The van der Waals surface area contributed by atoms with Crippen LogP contribution in [-0.2, 0) is 4.74 Å². The summed E-state index contributed by atoms with van der Waals surface area (Å²) in [6.07, 6.45) is 2.20. The molecular formula is C16H25NO2. The van der Waals surface area contributed by atoms with Crippen molar-refractivity contribution in [1.29, 1.82) is 0 Å². The Morgan fingerprint density at radius 1 is 1.37 bits per heavy atom. The SMILES string of the molecule is CCN(CC1CCCO1)C(C)C(O)c1ccccc1. The molecular weight excluding hydrogens is 238 g/mol. The number of aliphatic hydroxyl groups excluding tert-OH is 1. The molecule has 1 N–H and O–H groups in total. The largest absolute Gasteiger partial charge is 0.387 e. The minimum atomic E-state index is -0.442. The van der Waals surface area contributed by atoms with Crippen LogP contribution in [0.4, 0.5) is 0 Å². The standard InChI is InChI=1S/C16H25NO2/c1-3-17(12-15-10-7-11-19-15)13(2)16(18)14-8-5-4-6-9-14/h4-6,8-9,13,15-16,18H,3,7,10-12H2,1-2H3. The summed E-state index contributed by atoms with van der Waals surface area (Å²) < 4.78 is 5.70. The molecule has 3 heteroatoms. The molecule has 2 rings (SSSR count). The molecule has 1 aromatic rings. The van der Waals surface area contributed by atoms with Gasteiger partial charge in [0.1, 0.15) is 0 Å². The minimum absolute atomic E-state index is 0.108. The van der Waals surface area contributed by atoms with E-state index in [0.717, 1.165) is 38.1 Å². The fourth-order valence-electron chi connectivity index (χ4n) is 2.76. The van der Waals surface area contributed by atoms with Crippen LogP contribution in [0.3, 0.4) is 0 Å². The third kappa shape index (κ3) is 3.78. The average Bonchev–Trinajstić information content (AvgIpc) is 2.97. The number of likely N-dealkylation sites (N-methyl/N-ethyl adjacent to an activating group) is 1.